The smallest absolute Gasteiger partial charge is 0.293 e. The summed E-state index contributed by atoms with van der Waals surface area (Å²) in [5, 5.41) is 16.8. The van der Waals surface area contributed by atoms with Gasteiger partial charge in [0.05, 0.1) is 15.3 Å². The molecule has 0 aliphatic carbocycles. The highest BCUT2D eigenvalue weighted by Crippen LogP contribution is 2.33. The molecule has 1 fully saturated rings. The van der Waals surface area contributed by atoms with Crippen molar-refractivity contribution in [3.8, 4) is 11.1 Å². The fourth-order valence-electron chi connectivity index (χ4n) is 7.10. The largest absolute Gasteiger partial charge is 0.376 e. The Hall–Kier alpha value is -5.25. The van der Waals surface area contributed by atoms with E-state index in [1.165, 1.54) is 29.6 Å². The number of halogens is 1. The second-order valence-corrected chi connectivity index (χ2v) is 17.4. The molecule has 300 valence electrons. The molecule has 0 spiro atoms. The molecule has 0 unspecified atom stereocenters. The van der Waals surface area contributed by atoms with Crippen molar-refractivity contribution < 1.29 is 13.3 Å². The number of anilines is 3. The van der Waals surface area contributed by atoms with Gasteiger partial charge >= 0.3 is 0 Å². The summed E-state index contributed by atoms with van der Waals surface area (Å²) in [6.07, 6.45) is 3.74. The van der Waals surface area contributed by atoms with Gasteiger partial charge in [-0.1, -0.05) is 72.6 Å². The standard InChI is InChI=1S/C43H45ClN8O4S2/c44-33-15-13-31(14-16-33)38-12-5-4-8-32(38)28-50-22-24-51(25-23-50)35-17-19-39-41(26-35)46-30-47-43(39)49-58(55,56)37-18-20-40(42(27-37)52(53)54)48-34(9-6-7-21-45)29-57-36-10-2-1-3-11-36/h1-5,8,10-20,26-27,30,34,48H,6-7,9,21-25,28-29,45H2,(H,46,47,49)/t34-/m1/s1. The molecule has 15 heteroatoms. The lowest BCUT2D eigenvalue weighted by Gasteiger charge is -2.36. The molecule has 58 heavy (non-hydrogen) atoms. The second-order valence-electron chi connectivity index (χ2n) is 14.1. The molecule has 2 heterocycles. The van der Waals surface area contributed by atoms with Crippen LogP contribution in [0.25, 0.3) is 22.0 Å². The Morgan fingerprint density at radius 2 is 1.64 bits per heavy atom. The first-order chi connectivity index (χ1) is 28.2. The monoisotopic (exact) mass is 836 g/mol. The molecule has 1 atom stereocenters. The number of fused-ring (bicyclic) bond motifs is 1. The van der Waals surface area contributed by atoms with Crippen LogP contribution in [0.3, 0.4) is 0 Å². The summed E-state index contributed by atoms with van der Waals surface area (Å²) < 4.78 is 30.0. The van der Waals surface area contributed by atoms with Gasteiger partial charge in [-0.2, -0.15) is 0 Å². The van der Waals surface area contributed by atoms with Gasteiger partial charge in [0.15, 0.2) is 5.82 Å². The average molecular weight is 837 g/mol. The van der Waals surface area contributed by atoms with Crippen LogP contribution in [0.2, 0.25) is 5.02 Å². The number of nitrogens with two attached hydrogens (primary N) is 1. The molecule has 7 rings (SSSR count). The van der Waals surface area contributed by atoms with Crippen LogP contribution in [0, 0.1) is 10.1 Å². The molecular weight excluding hydrogens is 792 g/mol. The zero-order valence-electron chi connectivity index (χ0n) is 31.8. The highest BCUT2D eigenvalue weighted by molar-refractivity contribution is 7.99. The third-order valence-electron chi connectivity index (χ3n) is 10.2. The van der Waals surface area contributed by atoms with Crippen molar-refractivity contribution >= 4 is 67.2 Å². The number of nitro benzene ring substituents is 1. The summed E-state index contributed by atoms with van der Waals surface area (Å²) in [4.78, 5) is 26.0. The Labute approximate surface area is 348 Å². The maximum atomic E-state index is 13.7. The summed E-state index contributed by atoms with van der Waals surface area (Å²) in [5.74, 6) is 0.746. The molecule has 5 aromatic carbocycles. The van der Waals surface area contributed by atoms with E-state index < -0.39 is 14.9 Å². The lowest BCUT2D eigenvalue weighted by atomic mass is 9.99. The first kappa shape index (κ1) is 40.9. The normalized spacial score (nSPS) is 14.0. The second kappa shape index (κ2) is 19.0. The van der Waals surface area contributed by atoms with Crippen LogP contribution >= 0.6 is 23.4 Å². The van der Waals surface area contributed by atoms with Crippen LogP contribution in [0.15, 0.2) is 131 Å². The van der Waals surface area contributed by atoms with E-state index in [9.17, 15) is 18.5 Å². The lowest BCUT2D eigenvalue weighted by Crippen LogP contribution is -2.46. The number of sulfonamides is 1. The van der Waals surface area contributed by atoms with E-state index in [4.69, 9.17) is 17.3 Å². The third kappa shape index (κ3) is 10.2. The predicted octanol–water partition coefficient (Wildman–Crippen LogP) is 8.68. The number of benzene rings is 5. The van der Waals surface area contributed by atoms with E-state index in [1.54, 1.807) is 11.8 Å². The molecule has 4 N–H and O–H groups in total. The molecule has 12 nitrogen and oxygen atoms in total. The maximum absolute atomic E-state index is 13.7. The summed E-state index contributed by atoms with van der Waals surface area (Å²) in [6.45, 7) is 4.73. The first-order valence-corrected chi connectivity index (χ1v) is 22.0. The number of nitrogens with one attached hydrogen (secondary N) is 2. The summed E-state index contributed by atoms with van der Waals surface area (Å²) in [7, 11) is -4.27. The predicted molar refractivity (Wildman–Crippen MR) is 235 cm³/mol. The van der Waals surface area contributed by atoms with E-state index in [-0.39, 0.29) is 28.1 Å². The molecule has 0 radical (unpaired) electrons. The lowest BCUT2D eigenvalue weighted by molar-refractivity contribution is -0.384. The van der Waals surface area contributed by atoms with Crippen LogP contribution in [-0.2, 0) is 16.6 Å². The van der Waals surface area contributed by atoms with Crippen molar-refractivity contribution in [2.75, 3.05) is 53.4 Å². The quantitative estimate of drug-likeness (QED) is 0.0349. The minimum absolute atomic E-state index is 0.0866. The Morgan fingerprint density at radius 3 is 2.40 bits per heavy atom. The fourth-order valence-corrected chi connectivity index (χ4v) is 9.27. The molecule has 1 aliphatic heterocycles. The number of hydrogen-bond donors (Lipinski definition) is 3. The van der Waals surface area contributed by atoms with Gasteiger partial charge in [0.1, 0.15) is 12.0 Å². The van der Waals surface area contributed by atoms with Crippen LogP contribution in [0.4, 0.5) is 22.9 Å². The number of aromatic nitrogens is 2. The molecule has 1 saturated heterocycles. The molecule has 0 bridgehead atoms. The minimum Gasteiger partial charge on any atom is -0.376 e. The number of thioether (sulfide) groups is 1. The Balaban J connectivity index is 1.02. The van der Waals surface area contributed by atoms with Gasteiger partial charge in [-0.15, -0.1) is 11.8 Å². The summed E-state index contributed by atoms with van der Waals surface area (Å²) in [5.41, 5.74) is 10.8. The average Bonchev–Trinajstić information content (AvgIpc) is 3.24. The van der Waals surface area contributed by atoms with E-state index >= 15 is 0 Å². The Morgan fingerprint density at radius 1 is 0.879 bits per heavy atom. The Kier molecular flexibility index (Phi) is 13.4. The van der Waals surface area contributed by atoms with Crippen molar-refractivity contribution in [3.63, 3.8) is 0 Å². The molecule has 6 aromatic rings. The van der Waals surface area contributed by atoms with Gasteiger partial charge < -0.3 is 16.0 Å². The van der Waals surface area contributed by atoms with Crippen molar-refractivity contribution in [1.82, 2.24) is 14.9 Å². The van der Waals surface area contributed by atoms with Crippen molar-refractivity contribution in [1.29, 1.82) is 0 Å². The van der Waals surface area contributed by atoms with E-state index in [0.29, 0.717) is 28.2 Å². The van der Waals surface area contributed by atoms with Crippen LogP contribution in [0.5, 0.6) is 0 Å². The molecule has 0 amide bonds. The third-order valence-corrected chi connectivity index (χ3v) is 13.0. The van der Waals surface area contributed by atoms with Gasteiger partial charge in [0.2, 0.25) is 0 Å². The van der Waals surface area contributed by atoms with Crippen LogP contribution in [0.1, 0.15) is 24.8 Å². The van der Waals surface area contributed by atoms with Gasteiger partial charge in [-0.3, -0.25) is 19.7 Å². The van der Waals surface area contributed by atoms with Crippen molar-refractivity contribution in [3.05, 3.63) is 142 Å². The highest BCUT2D eigenvalue weighted by Gasteiger charge is 2.25. The first-order valence-electron chi connectivity index (χ1n) is 19.2. The van der Waals surface area contributed by atoms with Crippen LogP contribution in [-0.4, -0.2) is 72.7 Å². The van der Waals surface area contributed by atoms with Gasteiger partial charge in [0.25, 0.3) is 15.7 Å². The van der Waals surface area contributed by atoms with Gasteiger partial charge in [-0.05, 0) is 90.7 Å². The molecular formula is C43H45ClN8O4S2. The minimum atomic E-state index is -4.27. The number of piperazine rings is 1. The molecule has 1 aromatic heterocycles. The topological polar surface area (TPSA) is 160 Å². The number of nitrogens with zero attached hydrogens (tertiary/aromatic N) is 5. The van der Waals surface area contributed by atoms with E-state index in [1.807, 2.05) is 60.7 Å². The van der Waals surface area contributed by atoms with Crippen molar-refractivity contribution in [2.45, 2.75) is 41.6 Å². The number of rotatable bonds is 17. The van der Waals surface area contributed by atoms with Gasteiger partial charge in [-0.25, -0.2) is 18.4 Å². The molecule has 0 saturated carbocycles. The molecule has 1 aliphatic rings. The summed E-state index contributed by atoms with van der Waals surface area (Å²) >= 11 is 7.79. The fraction of sp³-hybridized carbons (Fsp3) is 0.256. The zero-order chi connectivity index (χ0) is 40.5. The number of unbranched alkanes of at least 4 members (excludes halogenated alkanes) is 1. The van der Waals surface area contributed by atoms with Gasteiger partial charge in [0, 0.05) is 71.6 Å². The van der Waals surface area contributed by atoms with E-state index in [0.717, 1.165) is 74.2 Å². The summed E-state index contributed by atoms with van der Waals surface area (Å²) in [6, 6.07) is 35.8. The van der Waals surface area contributed by atoms with Crippen LogP contribution < -0.4 is 20.7 Å². The highest BCUT2D eigenvalue weighted by atomic mass is 35.5. The SMILES string of the molecule is NCCCC[C@H](CSc1ccccc1)Nc1ccc(S(=O)(=O)Nc2ncnc3cc(N4CCN(Cc5ccccc5-c5ccc(Cl)cc5)CC4)ccc23)cc1[N+](=O)[O-]. The van der Waals surface area contributed by atoms with E-state index in [2.05, 4.69) is 66.2 Å². The number of nitro groups is 1. The number of hydrogen-bond acceptors (Lipinski definition) is 11. The van der Waals surface area contributed by atoms with Crippen molar-refractivity contribution in [2.24, 2.45) is 5.73 Å². The Bertz CT molecular complexity index is 2450. The zero-order valence-corrected chi connectivity index (χ0v) is 34.2. The maximum Gasteiger partial charge on any atom is 0.293 e.